The lowest BCUT2D eigenvalue weighted by atomic mass is 10.0. The monoisotopic (exact) mass is 413 g/mol. The van der Waals surface area contributed by atoms with E-state index in [4.69, 9.17) is 5.11 Å². The van der Waals surface area contributed by atoms with E-state index in [0.29, 0.717) is 37.1 Å². The zero-order valence-corrected chi connectivity index (χ0v) is 17.0. The Morgan fingerprint density at radius 1 is 0.871 bits per heavy atom. The second-order valence-electron chi connectivity index (χ2n) is 7.44. The lowest BCUT2D eigenvalue weighted by molar-refractivity contribution is 0.0963. The molecule has 0 radical (unpaired) electrons. The molecule has 2 N–H and O–H groups in total. The van der Waals surface area contributed by atoms with Gasteiger partial charge in [-0.3, -0.25) is 19.6 Å². The second kappa shape index (κ2) is 9.45. The summed E-state index contributed by atoms with van der Waals surface area (Å²) in [4.78, 5) is 36.3. The van der Waals surface area contributed by atoms with Gasteiger partial charge in [-0.05, 0) is 72.0 Å². The van der Waals surface area contributed by atoms with Crippen molar-refractivity contribution in [2.75, 3.05) is 6.61 Å². The number of aryl methyl sites for hydroxylation is 1. The quantitative estimate of drug-likeness (QED) is 0.397. The summed E-state index contributed by atoms with van der Waals surface area (Å²) >= 11 is 0. The van der Waals surface area contributed by atoms with Gasteiger partial charge in [-0.25, -0.2) is 0 Å². The minimum Gasteiger partial charge on any atom is -0.396 e. The van der Waals surface area contributed by atoms with Crippen LogP contribution in [0.4, 0.5) is 0 Å². The van der Waals surface area contributed by atoms with Gasteiger partial charge in [-0.1, -0.05) is 6.07 Å². The third kappa shape index (κ3) is 4.92. The number of carbonyl (C=O) groups is 2. The van der Waals surface area contributed by atoms with E-state index in [0.717, 1.165) is 27.6 Å². The molecule has 3 aromatic heterocycles. The Kier molecular flexibility index (Phi) is 6.29. The Bertz CT molecular complexity index is 1220. The standard InChI is InChI=1S/C25H23N3O3/c29-13-1-2-24(30)23-16-20-14-18(4-5-21(20)28-23)19-9-12-27-22(15-19)25(31)6-3-17-7-10-26-11-8-17/h4-5,7-12,14-16,28-29H,1-3,6,13H2. The van der Waals surface area contributed by atoms with E-state index in [1.54, 1.807) is 18.6 Å². The van der Waals surface area contributed by atoms with Crippen LogP contribution in [0, 0.1) is 0 Å². The summed E-state index contributed by atoms with van der Waals surface area (Å²) in [6.07, 6.45) is 6.90. The molecule has 0 spiro atoms. The first-order valence-electron chi connectivity index (χ1n) is 10.3. The van der Waals surface area contributed by atoms with Crippen LogP contribution in [0.2, 0.25) is 0 Å². The smallest absolute Gasteiger partial charge is 0.181 e. The van der Waals surface area contributed by atoms with Crippen LogP contribution in [0.3, 0.4) is 0 Å². The van der Waals surface area contributed by atoms with E-state index in [1.165, 1.54) is 0 Å². The molecule has 0 atom stereocenters. The topological polar surface area (TPSA) is 95.9 Å². The zero-order valence-electron chi connectivity index (χ0n) is 17.0. The summed E-state index contributed by atoms with van der Waals surface area (Å²) in [6, 6.07) is 15.2. The number of ketones is 2. The fraction of sp³-hybridized carbons (Fsp3) is 0.200. The molecule has 0 aliphatic carbocycles. The number of nitrogens with one attached hydrogen (secondary N) is 1. The van der Waals surface area contributed by atoms with Crippen molar-refractivity contribution >= 4 is 22.5 Å². The molecule has 0 bridgehead atoms. The Hall–Kier alpha value is -3.64. The Morgan fingerprint density at radius 3 is 2.48 bits per heavy atom. The van der Waals surface area contributed by atoms with Crippen LogP contribution in [-0.2, 0) is 6.42 Å². The number of aromatic amines is 1. The molecule has 0 amide bonds. The van der Waals surface area contributed by atoms with Crippen molar-refractivity contribution in [1.29, 1.82) is 0 Å². The van der Waals surface area contributed by atoms with Crippen molar-refractivity contribution in [3.63, 3.8) is 0 Å². The number of H-pyrrole nitrogens is 1. The number of aliphatic hydroxyl groups excluding tert-OH is 1. The molecule has 4 rings (SSSR count). The molecule has 31 heavy (non-hydrogen) atoms. The van der Waals surface area contributed by atoms with E-state index in [2.05, 4.69) is 15.0 Å². The molecule has 0 unspecified atom stereocenters. The number of hydrogen-bond acceptors (Lipinski definition) is 5. The summed E-state index contributed by atoms with van der Waals surface area (Å²) in [6.45, 7) is 0.00176. The van der Waals surface area contributed by atoms with Crippen LogP contribution in [-0.4, -0.2) is 38.2 Å². The van der Waals surface area contributed by atoms with E-state index in [9.17, 15) is 9.59 Å². The minimum atomic E-state index is -0.0159. The molecule has 0 saturated carbocycles. The molecule has 0 fully saturated rings. The molecule has 0 aliphatic heterocycles. The molecular formula is C25H23N3O3. The molecule has 4 aromatic rings. The maximum atomic E-state index is 12.6. The molecule has 0 saturated heterocycles. The summed E-state index contributed by atoms with van der Waals surface area (Å²) in [5.74, 6) is -0.0176. The number of Topliss-reactive ketones (excluding diaryl/α,β-unsaturated/α-hetero) is 2. The number of aromatic nitrogens is 3. The van der Waals surface area contributed by atoms with Crippen molar-refractivity contribution < 1.29 is 14.7 Å². The highest BCUT2D eigenvalue weighted by atomic mass is 16.3. The lowest BCUT2D eigenvalue weighted by Crippen LogP contribution is -2.04. The normalized spacial score (nSPS) is 11.0. The highest BCUT2D eigenvalue weighted by molar-refractivity contribution is 6.00. The Morgan fingerprint density at radius 2 is 1.68 bits per heavy atom. The minimum absolute atomic E-state index is 0.00171. The third-order valence-electron chi connectivity index (χ3n) is 5.25. The van der Waals surface area contributed by atoms with Crippen LogP contribution in [0.5, 0.6) is 0 Å². The first kappa shape index (κ1) is 20.6. The highest BCUT2D eigenvalue weighted by Gasteiger charge is 2.12. The molecule has 156 valence electrons. The van der Waals surface area contributed by atoms with Gasteiger partial charge < -0.3 is 10.1 Å². The lowest BCUT2D eigenvalue weighted by Gasteiger charge is -2.05. The summed E-state index contributed by atoms with van der Waals surface area (Å²) < 4.78 is 0. The Balaban J connectivity index is 1.52. The molecular weight excluding hydrogens is 390 g/mol. The summed E-state index contributed by atoms with van der Waals surface area (Å²) in [7, 11) is 0. The van der Waals surface area contributed by atoms with Gasteiger partial charge in [-0.2, -0.15) is 0 Å². The van der Waals surface area contributed by atoms with Gasteiger partial charge in [0.15, 0.2) is 11.6 Å². The Labute approximate surface area is 180 Å². The average Bonchev–Trinajstić information content (AvgIpc) is 3.25. The van der Waals surface area contributed by atoms with Gasteiger partial charge in [0.1, 0.15) is 5.69 Å². The number of carbonyl (C=O) groups excluding carboxylic acids is 2. The van der Waals surface area contributed by atoms with Crippen LogP contribution in [0.25, 0.3) is 22.0 Å². The molecule has 3 heterocycles. The highest BCUT2D eigenvalue weighted by Crippen LogP contribution is 2.26. The van der Waals surface area contributed by atoms with Crippen LogP contribution < -0.4 is 0 Å². The maximum Gasteiger partial charge on any atom is 0.181 e. The molecule has 6 heteroatoms. The maximum absolute atomic E-state index is 12.6. The van der Waals surface area contributed by atoms with Crippen molar-refractivity contribution in [3.8, 4) is 11.1 Å². The predicted molar refractivity (Wildman–Crippen MR) is 119 cm³/mol. The van der Waals surface area contributed by atoms with Gasteiger partial charge in [-0.15, -0.1) is 0 Å². The SMILES string of the molecule is O=C(CCc1ccncc1)c1cc(-c2ccc3[nH]c(C(=O)CCCO)cc3c2)ccn1. The van der Waals surface area contributed by atoms with E-state index < -0.39 is 0 Å². The number of rotatable bonds is 9. The number of hydrogen-bond donors (Lipinski definition) is 2. The van der Waals surface area contributed by atoms with Crippen molar-refractivity contribution in [3.05, 3.63) is 84.1 Å². The summed E-state index contributed by atoms with van der Waals surface area (Å²) in [5.41, 5.74) is 4.79. The van der Waals surface area contributed by atoms with E-state index in [1.807, 2.05) is 48.5 Å². The largest absolute Gasteiger partial charge is 0.396 e. The zero-order chi connectivity index (χ0) is 21.6. The first-order valence-corrected chi connectivity index (χ1v) is 10.3. The fourth-order valence-corrected chi connectivity index (χ4v) is 3.53. The fourth-order valence-electron chi connectivity index (χ4n) is 3.53. The number of benzene rings is 1. The second-order valence-corrected chi connectivity index (χ2v) is 7.44. The van der Waals surface area contributed by atoms with Crippen LogP contribution in [0.15, 0.2) is 67.1 Å². The average molecular weight is 413 g/mol. The van der Waals surface area contributed by atoms with E-state index >= 15 is 0 Å². The number of aliphatic hydroxyl groups is 1. The van der Waals surface area contributed by atoms with Gasteiger partial charge in [0, 0.05) is 48.9 Å². The summed E-state index contributed by atoms with van der Waals surface area (Å²) in [5, 5.41) is 9.85. The van der Waals surface area contributed by atoms with Crippen LogP contribution >= 0.6 is 0 Å². The van der Waals surface area contributed by atoms with Gasteiger partial charge in [0.2, 0.25) is 0 Å². The number of pyridine rings is 2. The van der Waals surface area contributed by atoms with Gasteiger partial charge >= 0.3 is 0 Å². The predicted octanol–water partition coefficient (Wildman–Crippen LogP) is 4.40. The molecule has 0 aliphatic rings. The van der Waals surface area contributed by atoms with Gasteiger partial charge in [0.25, 0.3) is 0 Å². The first-order chi connectivity index (χ1) is 15.1. The van der Waals surface area contributed by atoms with Crippen molar-refractivity contribution in [2.45, 2.75) is 25.7 Å². The number of nitrogens with zero attached hydrogens (tertiary/aromatic N) is 2. The number of fused-ring (bicyclic) bond motifs is 1. The van der Waals surface area contributed by atoms with Crippen LogP contribution in [0.1, 0.15) is 45.8 Å². The molecule has 6 nitrogen and oxygen atoms in total. The van der Waals surface area contributed by atoms with E-state index in [-0.39, 0.29) is 18.2 Å². The molecule has 1 aromatic carbocycles. The third-order valence-corrected chi connectivity index (χ3v) is 5.25. The van der Waals surface area contributed by atoms with Gasteiger partial charge in [0.05, 0.1) is 5.69 Å². The van der Waals surface area contributed by atoms with Crippen molar-refractivity contribution in [2.24, 2.45) is 0 Å². The van der Waals surface area contributed by atoms with Crippen molar-refractivity contribution in [1.82, 2.24) is 15.0 Å².